The van der Waals surface area contributed by atoms with Crippen molar-refractivity contribution in [1.29, 1.82) is 0 Å². The van der Waals surface area contributed by atoms with Crippen LogP contribution in [0, 0.1) is 5.82 Å². The highest BCUT2D eigenvalue weighted by molar-refractivity contribution is 5.92. The van der Waals surface area contributed by atoms with Crippen LogP contribution in [0.1, 0.15) is 31.2 Å². The molecule has 2 fully saturated rings. The Morgan fingerprint density at radius 1 is 1.15 bits per heavy atom. The van der Waals surface area contributed by atoms with E-state index in [1.165, 1.54) is 19.0 Å². The number of para-hydroxylation sites is 1. The van der Waals surface area contributed by atoms with Gasteiger partial charge in [0.15, 0.2) is 17.4 Å². The number of aromatic nitrogens is 3. The average Bonchev–Trinajstić information content (AvgIpc) is 3.57. The van der Waals surface area contributed by atoms with E-state index in [-0.39, 0.29) is 23.0 Å². The first-order valence-electron chi connectivity index (χ1n) is 13.9. The number of fused-ring (bicyclic) bond motifs is 1. The monoisotopic (exact) mass is 558 g/mol. The third-order valence-electron chi connectivity index (χ3n) is 7.79. The molecular weight excluding hydrogens is 523 g/mol. The largest absolute Gasteiger partial charge is 0.454 e. The van der Waals surface area contributed by atoms with Crippen molar-refractivity contribution in [2.45, 2.75) is 31.7 Å². The molecule has 2 saturated heterocycles. The fourth-order valence-corrected chi connectivity index (χ4v) is 5.51. The van der Waals surface area contributed by atoms with Crippen molar-refractivity contribution in [2.75, 3.05) is 39.0 Å². The zero-order valence-corrected chi connectivity index (χ0v) is 23.3. The van der Waals surface area contributed by atoms with Gasteiger partial charge in [-0.1, -0.05) is 25.1 Å². The lowest BCUT2D eigenvalue weighted by Gasteiger charge is -2.38. The molecule has 9 nitrogen and oxygen atoms in total. The summed E-state index contributed by atoms with van der Waals surface area (Å²) in [6.45, 7) is 6.28. The minimum Gasteiger partial charge on any atom is -0.454 e. The standard InChI is InChI=1S/C23H22FN5O2.C8H13NO/c1-28-11-10-14(12-28)17-13-29(21-20(17)23(30)27-26-22(21)25)15-6-8-16(9-7-15)31-19-5-3-2-4-18(19)24;1-2-9-6-5-8(9)4-3-7-10/h2-9,13-14H,10-12H2,1H3,(H2,25,26)(H,27,30);3-4,7-8H,2,5-6H2,1H3/b;4-3+. The summed E-state index contributed by atoms with van der Waals surface area (Å²) < 4.78 is 21.4. The van der Waals surface area contributed by atoms with Crippen LogP contribution in [0.5, 0.6) is 11.5 Å². The highest BCUT2D eigenvalue weighted by Gasteiger charge is 2.27. The molecular formula is C31H35FN6O3. The number of hydrogen-bond acceptors (Lipinski definition) is 7. The van der Waals surface area contributed by atoms with E-state index < -0.39 is 5.82 Å². The Hall–Kier alpha value is -4.28. The maximum Gasteiger partial charge on any atom is 0.274 e. The summed E-state index contributed by atoms with van der Waals surface area (Å²) in [5.41, 5.74) is 8.30. The van der Waals surface area contributed by atoms with Gasteiger partial charge in [0.1, 0.15) is 17.6 Å². The highest BCUT2D eigenvalue weighted by Crippen LogP contribution is 2.35. The molecule has 6 rings (SSSR count). The van der Waals surface area contributed by atoms with Crippen LogP contribution >= 0.6 is 0 Å². The number of H-pyrrole nitrogens is 1. The first-order valence-corrected chi connectivity index (χ1v) is 13.9. The Morgan fingerprint density at radius 2 is 1.93 bits per heavy atom. The normalized spacial score (nSPS) is 19.2. The Labute approximate surface area is 238 Å². The van der Waals surface area contributed by atoms with Crippen molar-refractivity contribution in [3.8, 4) is 17.2 Å². The van der Waals surface area contributed by atoms with E-state index in [4.69, 9.17) is 10.5 Å². The number of ether oxygens (including phenoxy) is 1. The van der Waals surface area contributed by atoms with Gasteiger partial charge in [0.2, 0.25) is 0 Å². The Bertz CT molecular complexity index is 1590. The lowest BCUT2D eigenvalue weighted by molar-refractivity contribution is -0.104. The summed E-state index contributed by atoms with van der Waals surface area (Å²) in [5, 5.41) is 7.07. The fourth-order valence-electron chi connectivity index (χ4n) is 5.51. The molecule has 0 spiro atoms. The number of aromatic amines is 1. The van der Waals surface area contributed by atoms with Crippen LogP contribution in [0.4, 0.5) is 10.2 Å². The molecule has 4 heterocycles. The predicted molar refractivity (Wildman–Crippen MR) is 158 cm³/mol. The molecule has 2 atom stereocenters. The summed E-state index contributed by atoms with van der Waals surface area (Å²) >= 11 is 0. The molecule has 2 aromatic heterocycles. The van der Waals surface area contributed by atoms with Gasteiger partial charge in [-0.3, -0.25) is 14.5 Å². The molecule has 2 unspecified atom stereocenters. The van der Waals surface area contributed by atoms with Crippen molar-refractivity contribution >= 4 is 23.0 Å². The zero-order chi connectivity index (χ0) is 28.9. The second kappa shape index (κ2) is 12.5. The summed E-state index contributed by atoms with van der Waals surface area (Å²) in [7, 11) is 2.08. The number of likely N-dealkylation sites (N-methyl/N-ethyl adjacent to an activating group) is 2. The summed E-state index contributed by atoms with van der Waals surface area (Å²) in [6.07, 6.45) is 8.57. The van der Waals surface area contributed by atoms with Crippen molar-refractivity contribution < 1.29 is 13.9 Å². The third kappa shape index (κ3) is 6.08. The summed E-state index contributed by atoms with van der Waals surface area (Å²) in [6, 6.07) is 14.0. The number of benzene rings is 2. The SMILES string of the molecule is CCN1CCC1/C=C/C=O.CN1CCC(c2cn(-c3ccc(Oc4ccccc4F)cc3)c3c(N)n[nH]c(=O)c23)C1. The smallest absolute Gasteiger partial charge is 0.274 e. The number of allylic oxidation sites excluding steroid dienone is 1. The molecule has 2 aliphatic heterocycles. The van der Waals surface area contributed by atoms with Gasteiger partial charge in [-0.2, -0.15) is 5.10 Å². The number of aldehydes is 1. The average molecular weight is 559 g/mol. The maximum atomic E-state index is 13.9. The summed E-state index contributed by atoms with van der Waals surface area (Å²) in [5.74, 6) is 0.757. The lowest BCUT2D eigenvalue weighted by Crippen LogP contribution is -2.45. The third-order valence-corrected chi connectivity index (χ3v) is 7.79. The topological polar surface area (TPSA) is 109 Å². The van der Waals surface area contributed by atoms with E-state index in [9.17, 15) is 14.0 Å². The van der Waals surface area contributed by atoms with Crippen LogP contribution in [0.2, 0.25) is 0 Å². The minimum absolute atomic E-state index is 0.161. The number of nitrogens with zero attached hydrogens (tertiary/aromatic N) is 4. The molecule has 4 aromatic rings. The second-order valence-corrected chi connectivity index (χ2v) is 10.4. The van der Waals surface area contributed by atoms with Gasteiger partial charge >= 0.3 is 0 Å². The molecule has 0 saturated carbocycles. The lowest BCUT2D eigenvalue weighted by atomic mass is 9.99. The molecule has 0 aliphatic carbocycles. The Morgan fingerprint density at radius 3 is 2.56 bits per heavy atom. The number of anilines is 1. The second-order valence-electron chi connectivity index (χ2n) is 10.4. The maximum absolute atomic E-state index is 13.9. The molecule has 2 aromatic carbocycles. The quantitative estimate of drug-likeness (QED) is 0.254. The van der Waals surface area contributed by atoms with Gasteiger partial charge in [0, 0.05) is 36.9 Å². The molecule has 0 amide bonds. The van der Waals surface area contributed by atoms with Crippen LogP contribution in [-0.2, 0) is 4.79 Å². The first kappa shape index (κ1) is 28.3. The van der Waals surface area contributed by atoms with Gasteiger partial charge in [0.05, 0.1) is 5.39 Å². The van der Waals surface area contributed by atoms with Gasteiger partial charge in [-0.05, 0) is 81.0 Å². The number of nitrogens with two attached hydrogens (primary N) is 1. The van der Waals surface area contributed by atoms with Crippen LogP contribution < -0.4 is 16.0 Å². The van der Waals surface area contributed by atoms with Crippen molar-refractivity contribution in [3.63, 3.8) is 0 Å². The molecule has 3 N–H and O–H groups in total. The summed E-state index contributed by atoms with van der Waals surface area (Å²) in [4.78, 5) is 27.2. The predicted octanol–water partition coefficient (Wildman–Crippen LogP) is 4.48. The van der Waals surface area contributed by atoms with Gasteiger partial charge in [-0.25, -0.2) is 9.49 Å². The number of rotatable bonds is 7. The van der Waals surface area contributed by atoms with Crippen molar-refractivity contribution in [3.05, 3.63) is 88.6 Å². The van der Waals surface area contributed by atoms with E-state index >= 15 is 0 Å². The minimum atomic E-state index is -0.424. The number of halogens is 1. The first-order chi connectivity index (χ1) is 19.9. The van der Waals surface area contributed by atoms with Gasteiger partial charge in [-0.15, -0.1) is 0 Å². The number of carbonyl (C=O) groups is 1. The zero-order valence-electron chi connectivity index (χ0n) is 23.3. The van der Waals surface area contributed by atoms with E-state index in [2.05, 4.69) is 34.0 Å². The molecule has 2 aliphatic rings. The highest BCUT2D eigenvalue weighted by atomic mass is 19.1. The van der Waals surface area contributed by atoms with Crippen molar-refractivity contribution in [1.82, 2.24) is 24.6 Å². The number of carbonyl (C=O) groups excluding carboxylic acids is 1. The Kier molecular flexibility index (Phi) is 8.61. The van der Waals surface area contributed by atoms with Crippen LogP contribution in [0.25, 0.3) is 16.6 Å². The van der Waals surface area contributed by atoms with Crippen LogP contribution in [0.15, 0.2) is 71.7 Å². The van der Waals surface area contributed by atoms with E-state index in [0.29, 0.717) is 22.7 Å². The van der Waals surface area contributed by atoms with E-state index in [1.54, 1.807) is 36.4 Å². The number of nitrogens with one attached hydrogen (secondary N) is 1. The molecule has 0 radical (unpaired) electrons. The van der Waals surface area contributed by atoms with Crippen LogP contribution in [0.3, 0.4) is 0 Å². The number of nitrogen functional groups attached to an aromatic ring is 1. The molecule has 10 heteroatoms. The van der Waals surface area contributed by atoms with E-state index in [0.717, 1.165) is 43.6 Å². The number of likely N-dealkylation sites (tertiary alicyclic amines) is 2. The molecule has 41 heavy (non-hydrogen) atoms. The molecule has 0 bridgehead atoms. The Balaban J connectivity index is 0.000000287. The van der Waals surface area contributed by atoms with Gasteiger partial charge in [0.25, 0.3) is 5.56 Å². The number of hydrogen-bond donors (Lipinski definition) is 2. The molecule has 214 valence electrons. The fraction of sp³-hybridized carbons (Fsp3) is 0.323. The van der Waals surface area contributed by atoms with E-state index in [1.807, 2.05) is 29.0 Å². The van der Waals surface area contributed by atoms with Gasteiger partial charge < -0.3 is 19.9 Å². The van der Waals surface area contributed by atoms with Crippen LogP contribution in [-0.4, -0.2) is 70.1 Å². The van der Waals surface area contributed by atoms with Crippen molar-refractivity contribution in [2.24, 2.45) is 0 Å².